The van der Waals surface area contributed by atoms with E-state index in [2.05, 4.69) is 31.3 Å². The highest BCUT2D eigenvalue weighted by atomic mass is 35.5. The number of nitrogens with zero attached hydrogens (tertiary/aromatic N) is 2. The van der Waals surface area contributed by atoms with Crippen LogP contribution in [0.3, 0.4) is 0 Å². The molecule has 0 fully saturated rings. The molecule has 0 atom stereocenters. The average molecular weight is 687 g/mol. The summed E-state index contributed by atoms with van der Waals surface area (Å²) in [5.41, 5.74) is -0.240. The van der Waals surface area contributed by atoms with Gasteiger partial charge in [0.1, 0.15) is 32.1 Å². The van der Waals surface area contributed by atoms with E-state index in [0.717, 1.165) is 0 Å². The molecule has 0 unspecified atom stereocenters. The van der Waals surface area contributed by atoms with Gasteiger partial charge in [0.15, 0.2) is 32.8 Å². The van der Waals surface area contributed by atoms with Crippen LogP contribution in [0.1, 0.15) is 0 Å². The second-order valence-electron chi connectivity index (χ2n) is 8.94. The van der Waals surface area contributed by atoms with Crippen molar-refractivity contribution in [2.75, 3.05) is 36.8 Å². The molecule has 3 aromatic rings. The van der Waals surface area contributed by atoms with Crippen molar-refractivity contribution in [3.63, 3.8) is 0 Å². The molecule has 20 heteroatoms. The molecule has 44 heavy (non-hydrogen) atoms. The van der Waals surface area contributed by atoms with Gasteiger partial charge in [-0.15, -0.1) is 0 Å². The van der Waals surface area contributed by atoms with Gasteiger partial charge in [-0.2, -0.15) is 16.8 Å². The zero-order valence-electron chi connectivity index (χ0n) is 21.9. The summed E-state index contributed by atoms with van der Waals surface area (Å²) < 4.78 is 81.5. The average Bonchev–Trinajstić information content (AvgIpc) is 2.97. The molecule has 2 aliphatic rings. The summed E-state index contributed by atoms with van der Waals surface area (Å²) in [7, 11) is -9.81. The maximum absolute atomic E-state index is 12.4. The molecule has 0 aromatic heterocycles. The summed E-state index contributed by atoms with van der Waals surface area (Å²) in [4.78, 5) is 28.5. The van der Waals surface area contributed by atoms with E-state index in [1.54, 1.807) is 0 Å². The Bertz CT molecular complexity index is 1910. The third kappa shape index (κ3) is 5.82. The van der Waals surface area contributed by atoms with Crippen molar-refractivity contribution in [2.45, 2.75) is 9.79 Å². The molecule has 2 amide bonds. The second-order valence-corrected chi connectivity index (χ2v) is 12.4. The van der Waals surface area contributed by atoms with Gasteiger partial charge in [-0.05, 0) is 24.3 Å². The standard InChI is InChI=1S/C24H20Cl2N6O10S2/c25-15-17-21(41-19-11(31-17)1-3-13(23(19)43(35,36)37)29-7-5-27-9-33)16(26)18-22(15)42-20-12(32-18)2-4-14(24(20)44(38,39)40)30-8-6-28-10-34/h1-4,9-10,29-30H,5-8H2,(H,27,33)(H,28,34)(H,35,36,37)(H,38,39,40). The van der Waals surface area contributed by atoms with Crippen LogP contribution in [0.15, 0.2) is 44.0 Å². The van der Waals surface area contributed by atoms with Gasteiger partial charge in [0.05, 0.1) is 11.4 Å². The fraction of sp³-hybridized carbons (Fsp3) is 0.167. The van der Waals surface area contributed by atoms with Crippen LogP contribution in [0.25, 0.3) is 0 Å². The first-order valence-electron chi connectivity index (χ1n) is 12.3. The van der Waals surface area contributed by atoms with Gasteiger partial charge in [0, 0.05) is 26.2 Å². The Balaban J connectivity index is 1.65. The van der Waals surface area contributed by atoms with Gasteiger partial charge < -0.3 is 30.7 Å². The van der Waals surface area contributed by atoms with Crippen LogP contribution in [-0.4, -0.2) is 64.9 Å². The number of hydrogen-bond acceptors (Lipinski definition) is 12. The number of carbonyl (C=O) groups is 2. The molecule has 5 rings (SSSR count). The molecule has 0 aliphatic carbocycles. The van der Waals surface area contributed by atoms with Crippen molar-refractivity contribution in [1.82, 2.24) is 10.6 Å². The maximum Gasteiger partial charge on any atom is 0.300 e. The first-order chi connectivity index (χ1) is 20.9. The number of nitrogens with one attached hydrogen (secondary N) is 4. The topological polar surface area (TPSA) is 234 Å². The van der Waals surface area contributed by atoms with E-state index >= 15 is 0 Å². The fourth-order valence-electron chi connectivity index (χ4n) is 4.38. The molecule has 6 N–H and O–H groups in total. The van der Waals surface area contributed by atoms with Crippen LogP contribution in [0.5, 0.6) is 23.0 Å². The van der Waals surface area contributed by atoms with Crippen molar-refractivity contribution < 1.29 is 45.0 Å². The van der Waals surface area contributed by atoms with E-state index in [-0.39, 0.29) is 92.7 Å². The number of rotatable bonds is 12. The van der Waals surface area contributed by atoms with Gasteiger partial charge in [-0.3, -0.25) is 18.7 Å². The van der Waals surface area contributed by atoms with E-state index in [9.17, 15) is 35.5 Å². The van der Waals surface area contributed by atoms with E-state index < -0.39 is 30.0 Å². The minimum Gasteiger partial charge on any atom is -0.450 e. The van der Waals surface area contributed by atoms with E-state index in [0.29, 0.717) is 12.8 Å². The molecule has 2 heterocycles. The lowest BCUT2D eigenvalue weighted by Gasteiger charge is -2.24. The molecule has 0 bridgehead atoms. The molecule has 0 radical (unpaired) electrons. The molecule has 16 nitrogen and oxygen atoms in total. The van der Waals surface area contributed by atoms with Crippen molar-refractivity contribution in [3.05, 3.63) is 45.0 Å². The third-order valence-corrected chi connectivity index (χ3v) is 8.70. The van der Waals surface area contributed by atoms with Crippen molar-refractivity contribution in [1.29, 1.82) is 0 Å². The number of carbonyl (C=O) groups excluding carboxylic acids is 2. The summed E-state index contributed by atoms with van der Waals surface area (Å²) in [6.07, 6.45) is 0.928. The molecular weight excluding hydrogens is 667 g/mol. The Labute approximate surface area is 258 Å². The van der Waals surface area contributed by atoms with Crippen molar-refractivity contribution in [2.24, 2.45) is 9.98 Å². The zero-order valence-corrected chi connectivity index (χ0v) is 25.1. The van der Waals surface area contributed by atoms with Crippen molar-refractivity contribution >= 4 is 79.0 Å². The molecular formula is C24H20Cl2N6O10S2. The lowest BCUT2D eigenvalue weighted by atomic mass is 10.2. The summed E-state index contributed by atoms with van der Waals surface area (Å²) in [5, 5.41) is 9.64. The number of benzene rings is 3. The van der Waals surface area contributed by atoms with E-state index in [1.807, 2.05) is 0 Å². The number of halogens is 2. The highest BCUT2D eigenvalue weighted by molar-refractivity contribution is 7.86. The van der Waals surface area contributed by atoms with Crippen LogP contribution >= 0.6 is 23.2 Å². The summed E-state index contributed by atoms with van der Waals surface area (Å²) in [5.74, 6) is -1.23. The van der Waals surface area contributed by atoms with Gasteiger partial charge in [-0.25, -0.2) is 9.98 Å². The molecule has 3 aromatic carbocycles. The largest absolute Gasteiger partial charge is 0.450 e. The molecule has 0 spiro atoms. The lowest BCUT2D eigenvalue weighted by molar-refractivity contribution is -0.110. The predicted octanol–water partition coefficient (Wildman–Crippen LogP) is 1.92. The molecule has 2 aliphatic heterocycles. The third-order valence-electron chi connectivity index (χ3n) is 6.15. The monoisotopic (exact) mass is 686 g/mol. The first-order valence-corrected chi connectivity index (χ1v) is 15.9. The Kier molecular flexibility index (Phi) is 8.56. The second kappa shape index (κ2) is 12.1. The Morgan fingerprint density at radius 3 is 1.39 bits per heavy atom. The summed E-state index contributed by atoms with van der Waals surface area (Å²) in [6.45, 7) is 0.485. The number of ether oxygens (including phenoxy) is 2. The zero-order chi connectivity index (χ0) is 31.8. The highest BCUT2D eigenvalue weighted by Gasteiger charge is 2.34. The number of hydrogen-bond donors (Lipinski definition) is 6. The van der Waals surface area contributed by atoms with Crippen molar-refractivity contribution in [3.8, 4) is 23.0 Å². The minimum absolute atomic E-state index is 0.0520. The van der Waals surface area contributed by atoms with Gasteiger partial charge >= 0.3 is 0 Å². The quantitative estimate of drug-likeness (QED) is 0.0627. The van der Waals surface area contributed by atoms with Gasteiger partial charge in [-0.1, -0.05) is 23.2 Å². The smallest absolute Gasteiger partial charge is 0.300 e. The van der Waals surface area contributed by atoms with Crippen LogP contribution in [0.2, 0.25) is 10.0 Å². The number of anilines is 2. The number of amides is 2. The fourth-order valence-corrected chi connectivity index (χ4v) is 6.49. The summed E-state index contributed by atoms with van der Waals surface area (Å²) >= 11 is 13.3. The molecule has 232 valence electrons. The molecule has 0 saturated heterocycles. The molecule has 0 saturated carbocycles. The Morgan fingerprint density at radius 1 is 0.659 bits per heavy atom. The minimum atomic E-state index is -4.90. The van der Waals surface area contributed by atoms with Crippen LogP contribution in [0.4, 0.5) is 22.7 Å². The van der Waals surface area contributed by atoms with Gasteiger partial charge in [0.2, 0.25) is 12.8 Å². The van der Waals surface area contributed by atoms with E-state index in [4.69, 9.17) is 32.7 Å². The Morgan fingerprint density at radius 2 is 1.05 bits per heavy atom. The normalized spacial score (nSPS) is 12.8. The van der Waals surface area contributed by atoms with Gasteiger partial charge in [0.25, 0.3) is 20.2 Å². The summed E-state index contributed by atoms with van der Waals surface area (Å²) in [6, 6.07) is 5.38. The Hall–Kier alpha value is -4.20. The first kappa shape index (κ1) is 31.2. The maximum atomic E-state index is 12.4. The highest BCUT2D eigenvalue weighted by Crippen LogP contribution is 2.48. The van der Waals surface area contributed by atoms with Crippen LogP contribution < -0.4 is 41.5 Å². The van der Waals surface area contributed by atoms with Crippen LogP contribution in [0, 0.1) is 0 Å². The predicted molar refractivity (Wildman–Crippen MR) is 156 cm³/mol. The lowest BCUT2D eigenvalue weighted by Crippen LogP contribution is -2.24. The van der Waals surface area contributed by atoms with E-state index in [1.165, 1.54) is 24.3 Å². The van der Waals surface area contributed by atoms with Crippen LogP contribution in [-0.2, 0) is 29.8 Å². The number of fused-ring (bicyclic) bond motifs is 4. The SMILES string of the molecule is O=CNCCNc1ccc2c(c1S(=O)(=O)O)Oc1c(Cl)c3c(c(Cl)c1=N2)Oc1c(ccc(NCCNC=O)c1S(=O)(=O)O)N=3.